The second-order valence-electron chi connectivity index (χ2n) is 9.72. The Labute approximate surface area is 203 Å². The number of nitrogens with two attached hydrogens (primary N) is 1. The lowest BCUT2D eigenvalue weighted by molar-refractivity contribution is 0.0276. The largest absolute Gasteiger partial charge is 0.494 e. The minimum Gasteiger partial charge on any atom is -0.494 e. The van der Waals surface area contributed by atoms with E-state index in [1.807, 2.05) is 45.0 Å². The number of rotatable bonds is 8. The van der Waals surface area contributed by atoms with Crippen molar-refractivity contribution >= 4 is 11.9 Å². The zero-order valence-corrected chi connectivity index (χ0v) is 20.3. The van der Waals surface area contributed by atoms with Crippen LogP contribution in [0.4, 0.5) is 10.6 Å². The van der Waals surface area contributed by atoms with Gasteiger partial charge in [-0.25, -0.2) is 9.48 Å². The fourth-order valence-electron chi connectivity index (χ4n) is 3.91. The highest BCUT2D eigenvalue weighted by atomic mass is 16.6. The maximum absolute atomic E-state index is 12.1. The van der Waals surface area contributed by atoms with E-state index in [2.05, 4.69) is 13.0 Å². The second-order valence-corrected chi connectivity index (χ2v) is 9.72. The lowest BCUT2D eigenvalue weighted by Crippen LogP contribution is -2.37. The van der Waals surface area contributed by atoms with Crippen LogP contribution in [0.2, 0.25) is 0 Å². The topological polar surface area (TPSA) is 106 Å². The number of carbonyl (C=O) groups excluding carboxylic acids is 1. The Hall–Kier alpha value is -3.21. The molecule has 8 nitrogen and oxygen atoms in total. The van der Waals surface area contributed by atoms with Gasteiger partial charge in [-0.3, -0.25) is 0 Å². The predicted molar refractivity (Wildman–Crippen MR) is 135 cm³/mol. The highest BCUT2D eigenvalue weighted by Gasteiger charge is 2.34. The van der Waals surface area contributed by atoms with Crippen LogP contribution >= 0.6 is 0 Å². The molecule has 0 spiro atoms. The van der Waals surface area contributed by atoms with E-state index in [0.717, 1.165) is 37.0 Å². The fraction of sp³-hybridized carbons (Fsp3) is 0.577. The summed E-state index contributed by atoms with van der Waals surface area (Å²) < 4.78 is 12.8. The van der Waals surface area contributed by atoms with Gasteiger partial charge in [0, 0.05) is 19.2 Å². The molecule has 1 aromatic carbocycles. The molecule has 1 heterocycles. The molecular weight excluding hydrogens is 430 g/mol. The first kappa shape index (κ1) is 27.0. The molecule has 0 saturated heterocycles. The van der Waals surface area contributed by atoms with E-state index in [1.54, 1.807) is 16.6 Å². The van der Waals surface area contributed by atoms with Crippen LogP contribution in [-0.4, -0.2) is 46.6 Å². The SMILES string of the molecule is C.CCCOc1ccc(-c2nn(C3CC(CCN(C)C(=O)OC(C)(C)C)C3)c(N)c2C#N)cc1. The van der Waals surface area contributed by atoms with Gasteiger partial charge < -0.3 is 20.1 Å². The monoisotopic (exact) mass is 469 g/mol. The first-order chi connectivity index (χ1) is 15.6. The van der Waals surface area contributed by atoms with Crippen molar-refractivity contribution in [1.82, 2.24) is 14.7 Å². The van der Waals surface area contributed by atoms with Gasteiger partial charge in [0.2, 0.25) is 0 Å². The molecule has 1 amide bonds. The molecule has 186 valence electrons. The molecule has 8 heteroatoms. The fourth-order valence-corrected chi connectivity index (χ4v) is 3.91. The molecule has 1 fully saturated rings. The van der Waals surface area contributed by atoms with E-state index in [9.17, 15) is 10.1 Å². The standard InChI is InChI=1S/C25H35N5O3.CH4/c1-6-13-32-20-9-7-18(8-10-20)22-21(16-26)23(27)30(28-22)19-14-17(15-19)11-12-29(5)24(31)33-25(2,3)4;/h7-10,17,19H,6,11-15,27H2,1-5H3;1H4. The molecule has 2 aromatic rings. The summed E-state index contributed by atoms with van der Waals surface area (Å²) in [7, 11) is 1.76. The number of nitrogens with zero attached hydrogens (tertiary/aromatic N) is 4. The summed E-state index contributed by atoms with van der Waals surface area (Å²) in [5, 5.41) is 14.4. The van der Waals surface area contributed by atoms with E-state index in [0.29, 0.717) is 36.1 Å². The third-order valence-electron chi connectivity index (χ3n) is 5.79. The number of anilines is 1. The van der Waals surface area contributed by atoms with Crippen molar-refractivity contribution in [1.29, 1.82) is 5.26 Å². The van der Waals surface area contributed by atoms with E-state index >= 15 is 0 Å². The van der Waals surface area contributed by atoms with Crippen molar-refractivity contribution in [2.75, 3.05) is 25.9 Å². The van der Waals surface area contributed by atoms with Crippen molar-refractivity contribution in [3.63, 3.8) is 0 Å². The molecule has 0 atom stereocenters. The number of benzene rings is 1. The summed E-state index contributed by atoms with van der Waals surface area (Å²) in [4.78, 5) is 13.7. The van der Waals surface area contributed by atoms with Gasteiger partial charge in [-0.1, -0.05) is 14.4 Å². The maximum atomic E-state index is 12.1. The summed E-state index contributed by atoms with van der Waals surface area (Å²) in [5.74, 6) is 1.69. The van der Waals surface area contributed by atoms with Crippen LogP contribution < -0.4 is 10.5 Å². The second kappa shape index (κ2) is 11.3. The van der Waals surface area contributed by atoms with E-state index in [-0.39, 0.29) is 19.6 Å². The molecule has 3 rings (SSSR count). The summed E-state index contributed by atoms with van der Waals surface area (Å²) >= 11 is 0. The lowest BCUT2D eigenvalue weighted by atomic mass is 9.78. The number of nitriles is 1. The van der Waals surface area contributed by atoms with Gasteiger partial charge in [-0.15, -0.1) is 0 Å². The van der Waals surface area contributed by atoms with Crippen LogP contribution in [0.25, 0.3) is 11.3 Å². The van der Waals surface area contributed by atoms with Crippen LogP contribution in [0.15, 0.2) is 24.3 Å². The Balaban J connectivity index is 0.00000408. The Morgan fingerprint density at radius 3 is 2.50 bits per heavy atom. The Morgan fingerprint density at radius 2 is 1.94 bits per heavy atom. The van der Waals surface area contributed by atoms with Crippen LogP contribution in [0.3, 0.4) is 0 Å². The average molecular weight is 470 g/mol. The molecule has 1 saturated carbocycles. The maximum Gasteiger partial charge on any atom is 0.410 e. The molecule has 1 aromatic heterocycles. The zero-order valence-electron chi connectivity index (χ0n) is 20.3. The van der Waals surface area contributed by atoms with Crippen LogP contribution in [0.1, 0.15) is 72.4 Å². The number of nitrogen functional groups attached to an aromatic ring is 1. The van der Waals surface area contributed by atoms with Gasteiger partial charge in [-0.05, 0) is 76.6 Å². The van der Waals surface area contributed by atoms with Crippen molar-refractivity contribution in [3.05, 3.63) is 29.8 Å². The summed E-state index contributed by atoms with van der Waals surface area (Å²) in [6.07, 6.45) is 3.37. The molecular formula is C26H39N5O3. The third-order valence-corrected chi connectivity index (χ3v) is 5.79. The number of amides is 1. The van der Waals surface area contributed by atoms with Gasteiger partial charge in [0.05, 0.1) is 12.6 Å². The van der Waals surface area contributed by atoms with Crippen molar-refractivity contribution in [2.24, 2.45) is 5.92 Å². The van der Waals surface area contributed by atoms with E-state index in [4.69, 9.17) is 20.3 Å². The third kappa shape index (κ3) is 6.43. The smallest absolute Gasteiger partial charge is 0.410 e. The first-order valence-corrected chi connectivity index (χ1v) is 11.6. The van der Waals surface area contributed by atoms with Gasteiger partial charge in [0.1, 0.15) is 34.5 Å². The van der Waals surface area contributed by atoms with Crippen LogP contribution in [-0.2, 0) is 4.74 Å². The van der Waals surface area contributed by atoms with Crippen molar-refractivity contribution in [2.45, 2.75) is 72.4 Å². The highest BCUT2D eigenvalue weighted by molar-refractivity contribution is 5.73. The minimum absolute atomic E-state index is 0. The molecule has 2 N–H and O–H groups in total. The molecule has 0 aliphatic heterocycles. The molecule has 0 unspecified atom stereocenters. The molecule has 0 radical (unpaired) electrons. The number of aromatic nitrogens is 2. The number of hydrogen-bond acceptors (Lipinski definition) is 6. The molecule has 1 aliphatic carbocycles. The molecule has 1 aliphatic rings. The summed E-state index contributed by atoms with van der Waals surface area (Å²) in [6, 6.07) is 9.98. The number of carbonyl (C=O) groups is 1. The Kier molecular flexibility index (Phi) is 8.97. The quantitative estimate of drug-likeness (QED) is 0.536. The first-order valence-electron chi connectivity index (χ1n) is 11.6. The van der Waals surface area contributed by atoms with Gasteiger partial charge in [0.15, 0.2) is 0 Å². The normalized spacial score (nSPS) is 17.2. The number of ether oxygens (including phenoxy) is 2. The Bertz CT molecular complexity index is 995. The summed E-state index contributed by atoms with van der Waals surface area (Å²) in [5.41, 5.74) is 7.66. The lowest BCUT2D eigenvalue weighted by Gasteiger charge is -2.36. The molecule has 34 heavy (non-hydrogen) atoms. The molecule has 0 bridgehead atoms. The van der Waals surface area contributed by atoms with E-state index in [1.165, 1.54) is 0 Å². The number of hydrogen-bond donors (Lipinski definition) is 1. The minimum atomic E-state index is -0.496. The van der Waals surface area contributed by atoms with Gasteiger partial charge >= 0.3 is 6.09 Å². The average Bonchev–Trinajstić information content (AvgIpc) is 3.06. The van der Waals surface area contributed by atoms with Crippen LogP contribution in [0, 0.1) is 17.2 Å². The van der Waals surface area contributed by atoms with Crippen molar-refractivity contribution < 1.29 is 14.3 Å². The van der Waals surface area contributed by atoms with Crippen molar-refractivity contribution in [3.8, 4) is 23.1 Å². The van der Waals surface area contributed by atoms with Gasteiger partial charge in [-0.2, -0.15) is 10.4 Å². The van der Waals surface area contributed by atoms with Crippen LogP contribution in [0.5, 0.6) is 5.75 Å². The Morgan fingerprint density at radius 1 is 1.29 bits per heavy atom. The highest BCUT2D eigenvalue weighted by Crippen LogP contribution is 2.42. The van der Waals surface area contributed by atoms with Gasteiger partial charge in [0.25, 0.3) is 0 Å². The summed E-state index contributed by atoms with van der Waals surface area (Å²) in [6.45, 7) is 8.96. The predicted octanol–water partition coefficient (Wildman–Crippen LogP) is 5.64. The van der Waals surface area contributed by atoms with E-state index < -0.39 is 5.60 Å². The zero-order chi connectivity index (χ0) is 24.2.